The lowest BCUT2D eigenvalue weighted by molar-refractivity contribution is 0.653. The highest BCUT2D eigenvalue weighted by Crippen LogP contribution is 2.29. The quantitative estimate of drug-likeness (QED) is 0.737. The minimum atomic E-state index is 0.973. The van der Waals surface area contributed by atoms with Crippen LogP contribution in [0.2, 0.25) is 0 Å². The van der Waals surface area contributed by atoms with Gasteiger partial charge in [0.25, 0.3) is 0 Å². The Labute approximate surface area is 148 Å². The summed E-state index contributed by atoms with van der Waals surface area (Å²) in [4.78, 5) is 18.0. The van der Waals surface area contributed by atoms with Crippen molar-refractivity contribution in [1.29, 1.82) is 0 Å². The number of hydrogen-bond acceptors (Lipinski definition) is 5. The maximum atomic E-state index is 4.63. The molecule has 0 spiro atoms. The normalized spacial score (nSPS) is 14.6. The Morgan fingerprint density at radius 3 is 2.28 bits per heavy atom. The lowest BCUT2D eigenvalue weighted by Crippen LogP contribution is -2.46. The maximum Gasteiger partial charge on any atom is 0.0950 e. The van der Waals surface area contributed by atoms with E-state index in [2.05, 4.69) is 49.0 Å². The van der Waals surface area contributed by atoms with Gasteiger partial charge in [-0.2, -0.15) is 0 Å². The summed E-state index contributed by atoms with van der Waals surface area (Å²) >= 11 is 0. The first-order chi connectivity index (χ1) is 12.3. The number of piperazine rings is 1. The van der Waals surface area contributed by atoms with E-state index in [9.17, 15) is 0 Å². The molecule has 0 bridgehead atoms. The Morgan fingerprint density at radius 1 is 0.800 bits per heavy atom. The minimum Gasteiger partial charge on any atom is -0.368 e. The molecule has 5 heteroatoms. The lowest BCUT2D eigenvalue weighted by atomic mass is 10.1. The molecule has 0 aromatic carbocycles. The topological polar surface area (TPSA) is 45.2 Å². The van der Waals surface area contributed by atoms with Crippen molar-refractivity contribution < 1.29 is 0 Å². The van der Waals surface area contributed by atoms with Crippen molar-refractivity contribution in [2.24, 2.45) is 0 Å². The number of anilines is 2. The molecule has 3 aromatic heterocycles. The molecule has 1 aliphatic rings. The van der Waals surface area contributed by atoms with Crippen molar-refractivity contribution >= 4 is 11.4 Å². The van der Waals surface area contributed by atoms with Gasteiger partial charge in [0.05, 0.1) is 11.4 Å². The van der Waals surface area contributed by atoms with Gasteiger partial charge in [0.1, 0.15) is 0 Å². The molecule has 0 radical (unpaired) electrons. The van der Waals surface area contributed by atoms with E-state index in [1.54, 1.807) is 0 Å². The molecule has 0 aliphatic carbocycles. The standard InChI is InChI=1S/C20H21N5/c1-16-4-5-17(15-23-16)20-19(3-2-8-22-20)25-13-11-24(12-14-25)18-6-9-21-10-7-18/h2-10,15H,11-14H2,1H3. The van der Waals surface area contributed by atoms with Crippen LogP contribution in [0.1, 0.15) is 5.69 Å². The molecular weight excluding hydrogens is 310 g/mol. The predicted octanol–water partition coefficient (Wildman–Crippen LogP) is 3.17. The van der Waals surface area contributed by atoms with E-state index in [0.717, 1.165) is 43.1 Å². The highest BCUT2D eigenvalue weighted by atomic mass is 15.3. The van der Waals surface area contributed by atoms with Crippen LogP contribution < -0.4 is 9.80 Å². The number of rotatable bonds is 3. The Kier molecular flexibility index (Phi) is 4.29. The smallest absolute Gasteiger partial charge is 0.0950 e. The van der Waals surface area contributed by atoms with Gasteiger partial charge in [-0.05, 0) is 43.3 Å². The highest BCUT2D eigenvalue weighted by Gasteiger charge is 2.20. The first kappa shape index (κ1) is 15.6. The summed E-state index contributed by atoms with van der Waals surface area (Å²) in [7, 11) is 0. The van der Waals surface area contributed by atoms with E-state index in [4.69, 9.17) is 0 Å². The molecular formula is C20H21N5. The summed E-state index contributed by atoms with van der Waals surface area (Å²) in [6.45, 7) is 5.93. The Morgan fingerprint density at radius 2 is 1.56 bits per heavy atom. The van der Waals surface area contributed by atoms with Crippen LogP contribution in [0.25, 0.3) is 11.3 Å². The summed E-state index contributed by atoms with van der Waals surface area (Å²) in [5.41, 5.74) is 5.52. The molecule has 0 amide bonds. The second kappa shape index (κ2) is 6.89. The zero-order valence-corrected chi connectivity index (χ0v) is 14.3. The Bertz CT molecular complexity index is 824. The van der Waals surface area contributed by atoms with Gasteiger partial charge in [0.2, 0.25) is 0 Å². The van der Waals surface area contributed by atoms with Gasteiger partial charge in [0, 0.05) is 67.9 Å². The van der Waals surface area contributed by atoms with Gasteiger partial charge in [0.15, 0.2) is 0 Å². The SMILES string of the molecule is Cc1ccc(-c2ncccc2N2CCN(c3ccncc3)CC2)cn1. The fraction of sp³-hybridized carbons (Fsp3) is 0.250. The molecule has 0 saturated carbocycles. The molecule has 0 N–H and O–H groups in total. The summed E-state index contributed by atoms with van der Waals surface area (Å²) in [5.74, 6) is 0. The van der Waals surface area contributed by atoms with Crippen molar-refractivity contribution in [1.82, 2.24) is 15.0 Å². The monoisotopic (exact) mass is 331 g/mol. The van der Waals surface area contributed by atoms with Crippen molar-refractivity contribution in [3.05, 3.63) is 66.9 Å². The van der Waals surface area contributed by atoms with Crippen LogP contribution in [0.5, 0.6) is 0 Å². The van der Waals surface area contributed by atoms with Crippen molar-refractivity contribution in [3.63, 3.8) is 0 Å². The third-order valence-electron chi connectivity index (χ3n) is 4.62. The molecule has 0 unspecified atom stereocenters. The zero-order chi connectivity index (χ0) is 17.1. The number of hydrogen-bond donors (Lipinski definition) is 0. The second-order valence-electron chi connectivity index (χ2n) is 6.24. The van der Waals surface area contributed by atoms with Crippen molar-refractivity contribution in [2.75, 3.05) is 36.0 Å². The number of aromatic nitrogens is 3. The van der Waals surface area contributed by atoms with Crippen LogP contribution in [0, 0.1) is 6.92 Å². The minimum absolute atomic E-state index is 0.973. The number of aryl methyl sites for hydroxylation is 1. The second-order valence-corrected chi connectivity index (χ2v) is 6.24. The van der Waals surface area contributed by atoms with Gasteiger partial charge in [-0.25, -0.2) is 0 Å². The van der Waals surface area contributed by atoms with Crippen LogP contribution in [0.4, 0.5) is 11.4 Å². The van der Waals surface area contributed by atoms with Gasteiger partial charge in [-0.3, -0.25) is 15.0 Å². The van der Waals surface area contributed by atoms with E-state index in [-0.39, 0.29) is 0 Å². The first-order valence-electron chi connectivity index (χ1n) is 8.59. The van der Waals surface area contributed by atoms with Crippen molar-refractivity contribution in [2.45, 2.75) is 6.92 Å². The average molecular weight is 331 g/mol. The molecule has 3 aromatic rings. The summed E-state index contributed by atoms with van der Waals surface area (Å²) in [6, 6.07) is 12.4. The lowest BCUT2D eigenvalue weighted by Gasteiger charge is -2.37. The van der Waals surface area contributed by atoms with E-state index in [1.807, 2.05) is 43.8 Å². The summed E-state index contributed by atoms with van der Waals surface area (Å²) in [5, 5.41) is 0. The van der Waals surface area contributed by atoms with Crippen molar-refractivity contribution in [3.8, 4) is 11.3 Å². The number of nitrogens with zero attached hydrogens (tertiary/aromatic N) is 5. The van der Waals surface area contributed by atoms with Crippen LogP contribution in [-0.4, -0.2) is 41.1 Å². The van der Waals surface area contributed by atoms with Crippen LogP contribution in [0.3, 0.4) is 0 Å². The molecule has 1 aliphatic heterocycles. The van der Waals surface area contributed by atoms with Crippen LogP contribution in [-0.2, 0) is 0 Å². The molecule has 126 valence electrons. The molecule has 1 saturated heterocycles. The highest BCUT2D eigenvalue weighted by molar-refractivity contribution is 5.74. The average Bonchev–Trinajstić information content (AvgIpc) is 2.69. The molecule has 0 atom stereocenters. The molecule has 1 fully saturated rings. The summed E-state index contributed by atoms with van der Waals surface area (Å²) < 4.78 is 0. The largest absolute Gasteiger partial charge is 0.368 e. The zero-order valence-electron chi connectivity index (χ0n) is 14.3. The third kappa shape index (κ3) is 3.31. The predicted molar refractivity (Wildman–Crippen MR) is 101 cm³/mol. The molecule has 4 heterocycles. The fourth-order valence-electron chi connectivity index (χ4n) is 3.24. The first-order valence-corrected chi connectivity index (χ1v) is 8.59. The molecule has 25 heavy (non-hydrogen) atoms. The van der Waals surface area contributed by atoms with E-state index >= 15 is 0 Å². The van der Waals surface area contributed by atoms with Crippen LogP contribution >= 0.6 is 0 Å². The maximum absolute atomic E-state index is 4.63. The molecule has 5 nitrogen and oxygen atoms in total. The van der Waals surface area contributed by atoms with Gasteiger partial charge < -0.3 is 9.80 Å². The van der Waals surface area contributed by atoms with E-state index in [1.165, 1.54) is 11.4 Å². The Hall–Kier alpha value is -2.95. The van der Waals surface area contributed by atoms with E-state index in [0.29, 0.717) is 0 Å². The number of pyridine rings is 3. The third-order valence-corrected chi connectivity index (χ3v) is 4.62. The summed E-state index contributed by atoms with van der Waals surface area (Å²) in [6.07, 6.45) is 7.47. The van der Waals surface area contributed by atoms with Gasteiger partial charge in [-0.15, -0.1) is 0 Å². The van der Waals surface area contributed by atoms with Gasteiger partial charge in [-0.1, -0.05) is 0 Å². The molecule has 4 rings (SSSR count). The fourth-order valence-corrected chi connectivity index (χ4v) is 3.24. The van der Waals surface area contributed by atoms with Crippen LogP contribution in [0.15, 0.2) is 61.2 Å². The van der Waals surface area contributed by atoms with Gasteiger partial charge >= 0.3 is 0 Å². The Balaban J connectivity index is 1.55. The van der Waals surface area contributed by atoms with E-state index < -0.39 is 0 Å².